The van der Waals surface area contributed by atoms with E-state index in [2.05, 4.69) is 5.43 Å². The lowest BCUT2D eigenvalue weighted by Gasteiger charge is -2.02. The molecule has 0 atom stereocenters. The van der Waals surface area contributed by atoms with Gasteiger partial charge in [-0.1, -0.05) is 35.0 Å². The first-order valence-corrected chi connectivity index (χ1v) is 6.02. The van der Waals surface area contributed by atoms with Gasteiger partial charge in [-0.2, -0.15) is 0 Å². The molecule has 104 valence electrons. The van der Waals surface area contributed by atoms with Crippen LogP contribution in [-0.4, -0.2) is 11.7 Å². The van der Waals surface area contributed by atoms with Crippen LogP contribution in [-0.2, 0) is 11.2 Å². The summed E-state index contributed by atoms with van der Waals surface area (Å²) in [4.78, 5) is 23.2. The van der Waals surface area contributed by atoms with Crippen molar-refractivity contribution in [3.8, 4) is 0 Å². The van der Waals surface area contributed by atoms with Gasteiger partial charge >= 0.3 is 0 Å². The third-order valence-electron chi connectivity index (χ3n) is 2.66. The molecule has 0 radical (unpaired) electrons. The fourth-order valence-corrected chi connectivity index (χ4v) is 1.79. The largest absolute Gasteiger partial charge is 1.00 e. The Hall–Kier alpha value is -2.20. The van der Waals surface area contributed by atoms with Gasteiger partial charge in [-0.05, 0) is 6.07 Å². The van der Waals surface area contributed by atoms with Crippen LogP contribution in [0.4, 0.5) is 0 Å². The summed E-state index contributed by atoms with van der Waals surface area (Å²) in [5.74, 6) is -0.157. The van der Waals surface area contributed by atoms with Gasteiger partial charge in [-0.3, -0.25) is 9.59 Å². The molecular formula is C15H15ClN2O2. The predicted molar refractivity (Wildman–Crippen MR) is 71.2 cm³/mol. The van der Waals surface area contributed by atoms with Crippen LogP contribution in [0, 0.1) is 0 Å². The highest BCUT2D eigenvalue weighted by Gasteiger charge is 2.16. The molecule has 1 heterocycles. The molecule has 20 heavy (non-hydrogen) atoms. The van der Waals surface area contributed by atoms with E-state index in [1.54, 1.807) is 29.1 Å². The van der Waals surface area contributed by atoms with Crippen LogP contribution in [0.1, 0.15) is 23.0 Å². The zero-order valence-corrected chi connectivity index (χ0v) is 11.8. The minimum absolute atomic E-state index is 0. The molecule has 1 amide bonds. The Bertz CT molecular complexity index is 600. The lowest BCUT2D eigenvalue weighted by molar-refractivity contribution is -0.649. The number of aromatic nitrogens is 1. The van der Waals surface area contributed by atoms with Crippen LogP contribution in [0.3, 0.4) is 0 Å². The van der Waals surface area contributed by atoms with Crippen molar-refractivity contribution in [1.29, 1.82) is 0 Å². The lowest BCUT2D eigenvalue weighted by atomic mass is 10.1. The first-order chi connectivity index (χ1) is 9.16. The monoisotopic (exact) mass is 290 g/mol. The second-order valence-electron chi connectivity index (χ2n) is 4.20. The molecule has 1 N–H and O–H groups in total. The van der Waals surface area contributed by atoms with Gasteiger partial charge in [0.05, 0.1) is 6.42 Å². The first-order valence-electron chi connectivity index (χ1n) is 6.02. The zero-order valence-electron chi connectivity index (χ0n) is 11.0. The normalized spacial score (nSPS) is 9.45. The molecule has 0 saturated heterocycles. The van der Waals surface area contributed by atoms with Crippen molar-refractivity contribution in [3.05, 3.63) is 66.0 Å². The van der Waals surface area contributed by atoms with E-state index in [-0.39, 0.29) is 30.5 Å². The van der Waals surface area contributed by atoms with Crippen molar-refractivity contribution in [2.75, 3.05) is 5.43 Å². The van der Waals surface area contributed by atoms with Gasteiger partial charge in [0, 0.05) is 24.6 Å². The van der Waals surface area contributed by atoms with E-state index in [0.29, 0.717) is 5.56 Å². The summed E-state index contributed by atoms with van der Waals surface area (Å²) in [5.41, 5.74) is 4.07. The molecule has 0 aliphatic heterocycles. The van der Waals surface area contributed by atoms with E-state index < -0.39 is 0 Å². The Kier molecular flexibility index (Phi) is 5.87. The van der Waals surface area contributed by atoms with Crippen LogP contribution >= 0.6 is 0 Å². The van der Waals surface area contributed by atoms with Crippen LogP contribution < -0.4 is 22.5 Å². The van der Waals surface area contributed by atoms with Crippen LogP contribution in [0.2, 0.25) is 0 Å². The van der Waals surface area contributed by atoms with Gasteiger partial charge in [0.25, 0.3) is 5.91 Å². The number of benzene rings is 1. The van der Waals surface area contributed by atoms with Crippen molar-refractivity contribution in [3.63, 3.8) is 0 Å². The van der Waals surface area contributed by atoms with Crippen LogP contribution in [0.25, 0.3) is 0 Å². The van der Waals surface area contributed by atoms with E-state index >= 15 is 0 Å². The molecule has 0 aliphatic rings. The van der Waals surface area contributed by atoms with Crippen molar-refractivity contribution < 1.29 is 26.7 Å². The number of Topliss-reactive ketones (excluding diaryl/α,β-unsaturated/α-hetero) is 1. The van der Waals surface area contributed by atoms with Gasteiger partial charge in [-0.15, -0.1) is 5.43 Å². The summed E-state index contributed by atoms with van der Waals surface area (Å²) in [7, 11) is 0. The highest BCUT2D eigenvalue weighted by Crippen LogP contribution is 2.04. The number of nitrogens with zero attached hydrogens (tertiary/aromatic N) is 1. The molecule has 0 bridgehead atoms. The number of nitrogens with one attached hydrogen (secondary N) is 1. The van der Waals surface area contributed by atoms with Crippen molar-refractivity contribution >= 4 is 11.7 Å². The highest BCUT2D eigenvalue weighted by molar-refractivity contribution is 5.97. The molecule has 5 heteroatoms. The van der Waals surface area contributed by atoms with Crippen molar-refractivity contribution in [2.45, 2.75) is 13.3 Å². The number of hydrogen-bond donors (Lipinski definition) is 1. The van der Waals surface area contributed by atoms with Gasteiger partial charge in [0.1, 0.15) is 0 Å². The van der Waals surface area contributed by atoms with Gasteiger partial charge < -0.3 is 12.4 Å². The smallest absolute Gasteiger partial charge is 0.271 e. The maximum Gasteiger partial charge on any atom is 0.271 e. The number of carbonyl (C=O) groups is 2. The SMILES string of the molecule is CC(=O)N[n+]1ccccc1CC(=O)c1ccccc1.[Cl-]. The van der Waals surface area contributed by atoms with E-state index in [1.165, 1.54) is 6.92 Å². The Labute approximate surface area is 123 Å². The molecule has 2 rings (SSSR count). The number of hydrogen-bond acceptors (Lipinski definition) is 2. The molecule has 0 spiro atoms. The minimum Gasteiger partial charge on any atom is -1.00 e. The second-order valence-corrected chi connectivity index (χ2v) is 4.20. The Morgan fingerprint density at radius 3 is 2.35 bits per heavy atom. The molecule has 0 unspecified atom stereocenters. The van der Waals surface area contributed by atoms with E-state index in [0.717, 1.165) is 5.69 Å². The van der Waals surface area contributed by atoms with E-state index in [1.807, 2.05) is 30.3 Å². The summed E-state index contributed by atoms with van der Waals surface area (Å²) < 4.78 is 1.57. The quantitative estimate of drug-likeness (QED) is 0.550. The fraction of sp³-hybridized carbons (Fsp3) is 0.133. The minimum atomic E-state index is -0.176. The molecule has 0 aliphatic carbocycles. The Balaban J connectivity index is 0.00000200. The maximum absolute atomic E-state index is 12.1. The summed E-state index contributed by atoms with van der Waals surface area (Å²) in [6.07, 6.45) is 1.96. The fourth-order valence-electron chi connectivity index (χ4n) is 1.79. The number of halogens is 1. The van der Waals surface area contributed by atoms with E-state index in [4.69, 9.17) is 0 Å². The lowest BCUT2D eigenvalue weighted by Crippen LogP contribution is -3.00. The molecule has 1 aromatic heterocycles. The van der Waals surface area contributed by atoms with E-state index in [9.17, 15) is 9.59 Å². The number of carbonyl (C=O) groups excluding carboxylic acids is 2. The van der Waals surface area contributed by atoms with Gasteiger partial charge in [-0.25, -0.2) is 0 Å². The first kappa shape index (κ1) is 15.9. The third kappa shape index (κ3) is 4.17. The average molecular weight is 291 g/mol. The molecule has 1 aromatic carbocycles. The van der Waals surface area contributed by atoms with Crippen LogP contribution in [0.15, 0.2) is 54.7 Å². The number of pyridine rings is 1. The second kappa shape index (κ2) is 7.40. The summed E-state index contributed by atoms with van der Waals surface area (Å²) in [5, 5.41) is 0. The number of ketones is 1. The highest BCUT2D eigenvalue weighted by atomic mass is 35.5. The van der Waals surface area contributed by atoms with Crippen LogP contribution in [0.5, 0.6) is 0 Å². The Morgan fingerprint density at radius 1 is 1.05 bits per heavy atom. The number of amides is 1. The summed E-state index contributed by atoms with van der Waals surface area (Å²) >= 11 is 0. The summed E-state index contributed by atoms with van der Waals surface area (Å²) in [6.45, 7) is 1.43. The zero-order chi connectivity index (χ0) is 13.7. The van der Waals surface area contributed by atoms with Crippen molar-refractivity contribution in [2.24, 2.45) is 0 Å². The maximum atomic E-state index is 12.1. The van der Waals surface area contributed by atoms with Gasteiger partial charge in [0.15, 0.2) is 12.0 Å². The molecule has 2 aromatic rings. The molecule has 4 nitrogen and oxygen atoms in total. The predicted octanol–water partition coefficient (Wildman–Crippen LogP) is -1.51. The van der Waals surface area contributed by atoms with Crippen molar-refractivity contribution in [1.82, 2.24) is 0 Å². The topological polar surface area (TPSA) is 50.1 Å². The summed E-state index contributed by atoms with van der Waals surface area (Å²) in [6, 6.07) is 14.6. The number of rotatable bonds is 4. The Morgan fingerprint density at radius 2 is 1.70 bits per heavy atom. The molecule has 0 fully saturated rings. The average Bonchev–Trinajstić information content (AvgIpc) is 2.41. The third-order valence-corrected chi connectivity index (χ3v) is 2.66. The van der Waals surface area contributed by atoms with Gasteiger partial charge in [0.2, 0.25) is 5.69 Å². The molecular weight excluding hydrogens is 276 g/mol. The molecule has 0 saturated carbocycles. The standard InChI is InChI=1S/C15H14N2O2.ClH/c1-12(18)16-17-10-6-5-9-14(17)11-15(19)13-7-3-2-4-8-13;/h2-10H,11H2,1H3;1H.